The van der Waals surface area contributed by atoms with E-state index in [9.17, 15) is 9.18 Å². The minimum atomic E-state index is -0.301. The number of carbonyl (C=O) groups excluding carboxylic acids is 1. The summed E-state index contributed by atoms with van der Waals surface area (Å²) in [7, 11) is 1.36. The number of hydrogen-bond donors (Lipinski definition) is 0. The predicted octanol–water partition coefficient (Wildman–Crippen LogP) is 4.13. The van der Waals surface area contributed by atoms with Gasteiger partial charge >= 0.3 is 5.97 Å². The van der Waals surface area contributed by atoms with E-state index in [0.29, 0.717) is 30.4 Å². The molecule has 1 heterocycles. The van der Waals surface area contributed by atoms with Gasteiger partial charge in [0.25, 0.3) is 0 Å². The van der Waals surface area contributed by atoms with Crippen LogP contribution in [-0.4, -0.2) is 24.7 Å². The van der Waals surface area contributed by atoms with Crippen molar-refractivity contribution in [1.29, 1.82) is 0 Å². The smallest absolute Gasteiger partial charge is 0.309 e. The van der Waals surface area contributed by atoms with E-state index in [-0.39, 0.29) is 18.2 Å². The van der Waals surface area contributed by atoms with Crippen LogP contribution in [-0.2, 0) is 22.4 Å². The molecule has 27 heavy (non-hydrogen) atoms. The van der Waals surface area contributed by atoms with E-state index in [1.165, 1.54) is 19.2 Å². The topological polar surface area (TPSA) is 61.6 Å². The van der Waals surface area contributed by atoms with Crippen molar-refractivity contribution in [2.75, 3.05) is 13.7 Å². The van der Waals surface area contributed by atoms with Gasteiger partial charge in [-0.1, -0.05) is 12.1 Å². The Kier molecular flexibility index (Phi) is 5.86. The fraction of sp³-hybridized carbons (Fsp3) is 0.238. The number of hydrogen-bond acceptors (Lipinski definition) is 5. The van der Waals surface area contributed by atoms with Crippen LogP contribution in [0.2, 0.25) is 0 Å². The summed E-state index contributed by atoms with van der Waals surface area (Å²) in [5, 5.41) is 0. The van der Waals surface area contributed by atoms with Crippen molar-refractivity contribution in [2.45, 2.75) is 19.8 Å². The summed E-state index contributed by atoms with van der Waals surface area (Å²) >= 11 is 0. The van der Waals surface area contributed by atoms with E-state index in [0.717, 1.165) is 16.8 Å². The second-order valence-electron chi connectivity index (χ2n) is 6.03. The molecule has 0 atom stereocenters. The van der Waals surface area contributed by atoms with E-state index < -0.39 is 0 Å². The monoisotopic (exact) mass is 369 g/mol. The highest BCUT2D eigenvalue weighted by Gasteiger charge is 2.12. The molecule has 0 saturated carbocycles. The molecular weight excluding hydrogens is 349 g/mol. The van der Waals surface area contributed by atoms with Crippen LogP contribution in [0.5, 0.6) is 5.75 Å². The third-order valence-corrected chi connectivity index (χ3v) is 4.07. The normalized spacial score (nSPS) is 10.6. The second kappa shape index (κ2) is 8.49. The zero-order chi connectivity index (χ0) is 19.2. The van der Waals surface area contributed by atoms with E-state index in [1.807, 2.05) is 31.2 Å². The van der Waals surface area contributed by atoms with Crippen molar-refractivity contribution in [3.63, 3.8) is 0 Å². The highest BCUT2D eigenvalue weighted by molar-refractivity contribution is 5.72. The van der Waals surface area contributed by atoms with Crippen LogP contribution in [0.15, 0.2) is 52.9 Å². The summed E-state index contributed by atoms with van der Waals surface area (Å²) in [5.41, 5.74) is 2.35. The van der Waals surface area contributed by atoms with E-state index >= 15 is 0 Å². The van der Waals surface area contributed by atoms with Crippen molar-refractivity contribution >= 4 is 5.97 Å². The quantitative estimate of drug-likeness (QED) is 0.586. The SMILES string of the molecule is COC(=O)Cc1cccc(OCCc2nc(-c3ccc(F)cc3)oc2C)c1. The minimum absolute atomic E-state index is 0.205. The Morgan fingerprint density at radius 1 is 1.19 bits per heavy atom. The number of rotatable bonds is 7. The zero-order valence-electron chi connectivity index (χ0n) is 15.2. The van der Waals surface area contributed by atoms with Crippen LogP contribution >= 0.6 is 0 Å². The molecule has 0 fully saturated rings. The Morgan fingerprint density at radius 2 is 1.96 bits per heavy atom. The largest absolute Gasteiger partial charge is 0.493 e. The first-order valence-electron chi connectivity index (χ1n) is 8.56. The third-order valence-electron chi connectivity index (χ3n) is 4.07. The Hall–Kier alpha value is -3.15. The second-order valence-corrected chi connectivity index (χ2v) is 6.03. The lowest BCUT2D eigenvalue weighted by molar-refractivity contribution is -0.139. The van der Waals surface area contributed by atoms with Gasteiger partial charge in [0.1, 0.15) is 17.3 Å². The van der Waals surface area contributed by atoms with Gasteiger partial charge < -0.3 is 13.9 Å². The molecule has 1 aromatic heterocycles. The third kappa shape index (κ3) is 4.94. The Labute approximate surface area is 156 Å². The van der Waals surface area contributed by atoms with Crippen LogP contribution in [0.3, 0.4) is 0 Å². The number of carbonyl (C=O) groups is 1. The number of aryl methyl sites for hydroxylation is 1. The van der Waals surface area contributed by atoms with Gasteiger partial charge in [-0.15, -0.1) is 0 Å². The number of methoxy groups -OCH3 is 1. The number of ether oxygens (including phenoxy) is 2. The summed E-state index contributed by atoms with van der Waals surface area (Å²) < 4.78 is 29.2. The van der Waals surface area contributed by atoms with Crippen molar-refractivity contribution in [1.82, 2.24) is 4.98 Å². The Morgan fingerprint density at radius 3 is 2.70 bits per heavy atom. The van der Waals surface area contributed by atoms with Crippen molar-refractivity contribution in [3.05, 3.63) is 71.4 Å². The highest BCUT2D eigenvalue weighted by Crippen LogP contribution is 2.22. The number of esters is 1. The van der Waals surface area contributed by atoms with Crippen molar-refractivity contribution < 1.29 is 23.1 Å². The molecule has 5 nitrogen and oxygen atoms in total. The first kappa shape index (κ1) is 18.6. The molecular formula is C21H20FNO4. The van der Waals surface area contributed by atoms with Gasteiger partial charge in [0, 0.05) is 12.0 Å². The molecule has 0 N–H and O–H groups in total. The first-order chi connectivity index (χ1) is 13.0. The molecule has 0 aliphatic carbocycles. The molecule has 6 heteroatoms. The lowest BCUT2D eigenvalue weighted by atomic mass is 10.1. The summed E-state index contributed by atoms with van der Waals surface area (Å²) in [6, 6.07) is 13.3. The number of nitrogens with zero attached hydrogens (tertiary/aromatic N) is 1. The number of oxazole rings is 1. The van der Waals surface area contributed by atoms with Gasteiger partial charge in [0.2, 0.25) is 5.89 Å². The van der Waals surface area contributed by atoms with Crippen LogP contribution in [0.1, 0.15) is 17.0 Å². The molecule has 140 valence electrons. The van der Waals surface area contributed by atoms with Crippen LogP contribution in [0.25, 0.3) is 11.5 Å². The molecule has 0 aliphatic heterocycles. The average Bonchev–Trinajstić information content (AvgIpc) is 3.03. The average molecular weight is 369 g/mol. The van der Waals surface area contributed by atoms with Crippen molar-refractivity contribution in [2.24, 2.45) is 0 Å². The van der Waals surface area contributed by atoms with Crippen LogP contribution < -0.4 is 4.74 Å². The molecule has 0 saturated heterocycles. The molecule has 3 rings (SSSR count). The Bertz CT molecular complexity index is 918. The molecule has 3 aromatic rings. The fourth-order valence-corrected chi connectivity index (χ4v) is 2.63. The Balaban J connectivity index is 1.60. The summed E-state index contributed by atoms with van der Waals surface area (Å²) in [6.45, 7) is 2.25. The summed E-state index contributed by atoms with van der Waals surface area (Å²) in [4.78, 5) is 15.8. The molecule has 0 aliphatic rings. The molecule has 0 spiro atoms. The highest BCUT2D eigenvalue weighted by atomic mass is 19.1. The standard InChI is InChI=1S/C21H20FNO4/c1-14-19(23-21(27-14)16-6-8-17(22)9-7-16)10-11-26-18-5-3-4-15(12-18)13-20(24)25-2/h3-9,12H,10-11,13H2,1-2H3. The number of aromatic nitrogens is 1. The van der Waals surface area contributed by atoms with Gasteiger partial charge in [-0.05, 0) is 48.9 Å². The van der Waals surface area contributed by atoms with Crippen LogP contribution in [0, 0.1) is 12.7 Å². The van der Waals surface area contributed by atoms with E-state index in [1.54, 1.807) is 12.1 Å². The fourth-order valence-electron chi connectivity index (χ4n) is 2.63. The lowest BCUT2D eigenvalue weighted by Gasteiger charge is -2.07. The summed E-state index contributed by atoms with van der Waals surface area (Å²) in [6.07, 6.45) is 0.773. The molecule has 0 unspecified atom stereocenters. The summed E-state index contributed by atoms with van der Waals surface area (Å²) in [5.74, 6) is 1.25. The number of benzene rings is 2. The van der Waals surface area contributed by atoms with E-state index in [4.69, 9.17) is 9.15 Å². The minimum Gasteiger partial charge on any atom is -0.493 e. The maximum atomic E-state index is 13.0. The number of halogens is 1. The molecule has 0 bridgehead atoms. The van der Waals surface area contributed by atoms with Gasteiger partial charge in [-0.2, -0.15) is 0 Å². The van der Waals surface area contributed by atoms with Gasteiger partial charge in [0.15, 0.2) is 0 Å². The molecule has 2 aromatic carbocycles. The predicted molar refractivity (Wildman–Crippen MR) is 98.0 cm³/mol. The van der Waals surface area contributed by atoms with Crippen LogP contribution in [0.4, 0.5) is 4.39 Å². The molecule has 0 amide bonds. The maximum absolute atomic E-state index is 13.0. The van der Waals surface area contributed by atoms with Gasteiger partial charge in [-0.25, -0.2) is 9.37 Å². The van der Waals surface area contributed by atoms with Gasteiger partial charge in [0.05, 0.1) is 25.8 Å². The van der Waals surface area contributed by atoms with E-state index in [2.05, 4.69) is 9.72 Å². The lowest BCUT2D eigenvalue weighted by Crippen LogP contribution is -2.06. The maximum Gasteiger partial charge on any atom is 0.309 e. The zero-order valence-corrected chi connectivity index (χ0v) is 15.2. The first-order valence-corrected chi connectivity index (χ1v) is 8.56. The van der Waals surface area contributed by atoms with Crippen molar-refractivity contribution in [3.8, 4) is 17.2 Å². The van der Waals surface area contributed by atoms with Gasteiger partial charge in [-0.3, -0.25) is 4.79 Å². The molecule has 0 radical (unpaired) electrons.